The van der Waals surface area contributed by atoms with Gasteiger partial charge in [0.1, 0.15) is 0 Å². The van der Waals surface area contributed by atoms with Gasteiger partial charge in [0.05, 0.1) is 17.9 Å². The summed E-state index contributed by atoms with van der Waals surface area (Å²) in [5.74, 6) is 0.639. The van der Waals surface area contributed by atoms with Gasteiger partial charge in [0, 0.05) is 53.3 Å². The van der Waals surface area contributed by atoms with Gasteiger partial charge in [0.2, 0.25) is 0 Å². The van der Waals surface area contributed by atoms with Crippen LogP contribution in [0.4, 0.5) is 0 Å². The lowest BCUT2D eigenvalue weighted by Gasteiger charge is -2.14. The summed E-state index contributed by atoms with van der Waals surface area (Å²) >= 11 is 1.66. The molecule has 0 aliphatic carbocycles. The van der Waals surface area contributed by atoms with Crippen LogP contribution in [-0.4, -0.2) is 19.5 Å². The van der Waals surface area contributed by atoms with Crippen molar-refractivity contribution in [2.45, 2.75) is 0 Å². The van der Waals surface area contributed by atoms with Gasteiger partial charge in [-0.1, -0.05) is 170 Å². The van der Waals surface area contributed by atoms with E-state index in [0.29, 0.717) is 17.2 Å². The summed E-state index contributed by atoms with van der Waals surface area (Å²) in [5, 5.41) is 11.6. The normalized spacial score (nSPS) is 13.0. The summed E-state index contributed by atoms with van der Waals surface area (Å²) in [6.07, 6.45) is 0. The van der Waals surface area contributed by atoms with E-state index >= 15 is 0 Å². The van der Waals surface area contributed by atoms with Gasteiger partial charge in [-0.25, -0.2) is 15.0 Å². The molecule has 0 atom stereocenters. The minimum absolute atomic E-state index is 0.00428. The third-order valence-electron chi connectivity index (χ3n) is 12.1. The topological polar surface area (TPSA) is 43.6 Å². The van der Waals surface area contributed by atoms with E-state index in [4.69, 9.17) is 21.8 Å². The maximum absolute atomic E-state index is 8.96. The van der Waals surface area contributed by atoms with Gasteiger partial charge in [-0.15, -0.1) is 11.3 Å². The van der Waals surface area contributed by atoms with Gasteiger partial charge >= 0.3 is 0 Å². The van der Waals surface area contributed by atoms with Gasteiger partial charge < -0.3 is 4.57 Å². The quantitative estimate of drug-likeness (QED) is 0.163. The minimum atomic E-state index is -0.480. The molecule has 0 fully saturated rings. The van der Waals surface area contributed by atoms with Crippen LogP contribution in [-0.2, 0) is 0 Å². The standard InChI is InChI=1S/C57H34N4S/c1-3-16-35(17-4-1)55-58-56(36-18-5-2-6-19-36)60-57(59-55)49-34-38(61-50-28-13-11-23-43(50)44-24-12-14-29-51(44)61)33-48-47-32-37(30-31-52(47)62-54(48)49)39-26-15-27-46-42-21-8-7-20-40(42)41-22-9-10-25-45(41)53(39)46/h1-34H/i1D,3D,4D,16D,17D. The molecule has 62 heavy (non-hydrogen) atoms. The number of nitrogens with zero attached hydrogens (tertiary/aromatic N) is 4. The van der Waals surface area contributed by atoms with Crippen molar-refractivity contribution in [3.63, 3.8) is 0 Å². The van der Waals surface area contributed by atoms with Gasteiger partial charge in [0.15, 0.2) is 17.5 Å². The molecular weight excluding hydrogens is 773 g/mol. The molecule has 4 nitrogen and oxygen atoms in total. The molecule has 13 rings (SSSR count). The molecule has 10 aromatic carbocycles. The number of aromatic nitrogens is 4. The number of hydrogen-bond donors (Lipinski definition) is 0. The third kappa shape index (κ3) is 5.35. The molecule has 288 valence electrons. The molecule has 0 unspecified atom stereocenters. The van der Waals surface area contributed by atoms with E-state index in [0.717, 1.165) is 64.4 Å². The molecule has 0 amide bonds. The molecule has 0 bridgehead atoms. The summed E-state index contributed by atoms with van der Waals surface area (Å²) in [4.78, 5) is 15.1. The SMILES string of the molecule is [2H]c1c([2H])c([2H])c(-c2nc(-c3ccccc3)nc(-c3cc(-n4c5ccccc5c5ccccc54)cc4c3sc3ccc(-c5cccc6c7ccccc7c7ccccc7c56)cc34)n2)c([2H])c1[2H]. The first kappa shape index (κ1) is 30.1. The fourth-order valence-electron chi connectivity index (χ4n) is 9.41. The van der Waals surface area contributed by atoms with Gasteiger partial charge in [-0.05, 0) is 79.8 Å². The van der Waals surface area contributed by atoms with Crippen LogP contribution in [0.2, 0.25) is 0 Å². The highest BCUT2D eigenvalue weighted by atomic mass is 32.1. The largest absolute Gasteiger partial charge is 0.309 e. The molecule has 0 aliphatic rings. The second-order valence-corrected chi connectivity index (χ2v) is 16.6. The van der Waals surface area contributed by atoms with Crippen LogP contribution < -0.4 is 0 Å². The van der Waals surface area contributed by atoms with Crippen LogP contribution in [0.15, 0.2) is 206 Å². The smallest absolute Gasteiger partial charge is 0.165 e. The van der Waals surface area contributed by atoms with Crippen LogP contribution in [0, 0.1) is 0 Å². The monoisotopic (exact) mass is 811 g/mol. The molecular formula is C57H34N4S. The Hall–Kier alpha value is -7.99. The van der Waals surface area contributed by atoms with E-state index < -0.39 is 18.1 Å². The van der Waals surface area contributed by atoms with Crippen molar-refractivity contribution in [2.75, 3.05) is 0 Å². The molecule has 3 aromatic heterocycles. The lowest BCUT2D eigenvalue weighted by atomic mass is 9.89. The number of fused-ring (bicyclic) bond motifs is 12. The summed E-state index contributed by atoms with van der Waals surface area (Å²) in [5.41, 5.74) is 6.58. The fourth-order valence-corrected chi connectivity index (χ4v) is 10.6. The van der Waals surface area contributed by atoms with E-state index in [1.165, 1.54) is 32.3 Å². The maximum Gasteiger partial charge on any atom is 0.165 e. The fraction of sp³-hybridized carbons (Fsp3) is 0. The Morgan fingerprint density at radius 1 is 0.387 bits per heavy atom. The molecule has 13 aromatic rings. The highest BCUT2D eigenvalue weighted by Crippen LogP contribution is 2.46. The van der Waals surface area contributed by atoms with Crippen molar-refractivity contribution in [1.82, 2.24) is 19.5 Å². The molecule has 5 heteroatoms. The van der Waals surface area contributed by atoms with Gasteiger partial charge in [-0.2, -0.15) is 0 Å². The summed E-state index contributed by atoms with van der Waals surface area (Å²) in [6.45, 7) is 0. The average Bonchev–Trinajstić information content (AvgIpc) is 3.92. The molecule has 0 radical (unpaired) electrons. The van der Waals surface area contributed by atoms with Crippen LogP contribution in [0.25, 0.3) is 125 Å². The molecule has 0 N–H and O–H groups in total. The van der Waals surface area contributed by atoms with Gasteiger partial charge in [0.25, 0.3) is 0 Å². The summed E-state index contributed by atoms with van der Waals surface area (Å²) < 4.78 is 47.7. The predicted octanol–water partition coefficient (Wildman–Crippen LogP) is 15.5. The zero-order chi connectivity index (χ0) is 45.1. The zero-order valence-corrected chi connectivity index (χ0v) is 33.8. The van der Waals surface area contributed by atoms with Crippen molar-refractivity contribution < 1.29 is 6.85 Å². The van der Waals surface area contributed by atoms with Crippen LogP contribution in [0.5, 0.6) is 0 Å². The Balaban J connectivity index is 1.13. The van der Waals surface area contributed by atoms with Crippen molar-refractivity contribution in [3.8, 4) is 51.0 Å². The van der Waals surface area contributed by atoms with E-state index in [-0.39, 0.29) is 23.5 Å². The zero-order valence-electron chi connectivity index (χ0n) is 37.9. The lowest BCUT2D eigenvalue weighted by molar-refractivity contribution is 1.07. The Bertz CT molecular complexity index is 4110. The minimum Gasteiger partial charge on any atom is -0.309 e. The molecule has 0 aliphatic heterocycles. The first-order valence-electron chi connectivity index (χ1n) is 23.0. The van der Waals surface area contributed by atoms with Crippen LogP contribution in [0.3, 0.4) is 0 Å². The van der Waals surface area contributed by atoms with Crippen molar-refractivity contribution in [1.29, 1.82) is 0 Å². The number of hydrogen-bond acceptors (Lipinski definition) is 4. The van der Waals surface area contributed by atoms with Crippen LogP contribution in [0.1, 0.15) is 6.85 Å². The number of thiophene rings is 1. The average molecular weight is 812 g/mol. The highest BCUT2D eigenvalue weighted by molar-refractivity contribution is 7.26. The Kier molecular flexibility index (Phi) is 6.69. The van der Waals surface area contributed by atoms with Crippen molar-refractivity contribution >= 4 is 85.6 Å². The summed E-state index contributed by atoms with van der Waals surface area (Å²) in [7, 11) is 0. The number of para-hydroxylation sites is 2. The van der Waals surface area contributed by atoms with E-state index in [1.807, 2.05) is 30.3 Å². The van der Waals surface area contributed by atoms with E-state index in [2.05, 4.69) is 150 Å². The first-order chi connectivity index (χ1) is 32.8. The van der Waals surface area contributed by atoms with Gasteiger partial charge in [-0.3, -0.25) is 0 Å². The van der Waals surface area contributed by atoms with E-state index in [1.54, 1.807) is 11.3 Å². The Morgan fingerprint density at radius 2 is 0.952 bits per heavy atom. The summed E-state index contributed by atoms with van der Waals surface area (Å²) in [6, 6.07) is 59.3. The second kappa shape index (κ2) is 13.8. The number of benzene rings is 10. The molecule has 3 heterocycles. The first-order valence-corrected chi connectivity index (χ1v) is 21.3. The molecule has 0 saturated carbocycles. The number of rotatable bonds is 5. The van der Waals surface area contributed by atoms with Crippen LogP contribution >= 0.6 is 11.3 Å². The maximum atomic E-state index is 8.96. The lowest BCUT2D eigenvalue weighted by Crippen LogP contribution is -2.01. The predicted molar refractivity (Wildman–Crippen MR) is 261 cm³/mol. The highest BCUT2D eigenvalue weighted by Gasteiger charge is 2.21. The molecule has 0 saturated heterocycles. The third-order valence-corrected chi connectivity index (χ3v) is 13.3. The van der Waals surface area contributed by atoms with Crippen molar-refractivity contribution in [3.05, 3.63) is 206 Å². The Labute approximate surface area is 367 Å². The molecule has 0 spiro atoms. The van der Waals surface area contributed by atoms with E-state index in [9.17, 15) is 0 Å². The van der Waals surface area contributed by atoms with Crippen molar-refractivity contribution in [2.24, 2.45) is 0 Å². The second-order valence-electron chi connectivity index (χ2n) is 15.5. The Morgan fingerprint density at radius 3 is 1.65 bits per heavy atom.